The summed E-state index contributed by atoms with van der Waals surface area (Å²) in [6.45, 7) is 5.83. The molecule has 1 atom stereocenters. The van der Waals surface area contributed by atoms with Gasteiger partial charge in [-0.15, -0.1) is 11.8 Å². The Kier molecular flexibility index (Phi) is 6.84. The van der Waals surface area contributed by atoms with Gasteiger partial charge >= 0.3 is 5.97 Å². The molecule has 0 aromatic heterocycles. The van der Waals surface area contributed by atoms with Crippen LogP contribution in [0.15, 0.2) is 0 Å². The lowest BCUT2D eigenvalue weighted by atomic mass is 10.3. The van der Waals surface area contributed by atoms with Gasteiger partial charge in [0.15, 0.2) is 0 Å². The minimum Gasteiger partial charge on any atom is -0.469 e. The van der Waals surface area contributed by atoms with Crippen LogP contribution in [0.1, 0.15) is 20.3 Å². The number of amides is 2. The molecule has 1 fully saturated rings. The predicted molar refractivity (Wildman–Crippen MR) is 77.4 cm³/mol. The molecule has 0 N–H and O–H groups in total. The van der Waals surface area contributed by atoms with Crippen LogP contribution in [-0.4, -0.2) is 71.9 Å². The maximum absolute atomic E-state index is 12.0. The summed E-state index contributed by atoms with van der Waals surface area (Å²) < 4.78 is 4.59. The van der Waals surface area contributed by atoms with Crippen molar-refractivity contribution in [3.8, 4) is 0 Å². The Bertz CT molecular complexity index is 367. The van der Waals surface area contributed by atoms with Crippen molar-refractivity contribution < 1.29 is 19.1 Å². The average Bonchev–Trinajstić information content (AvgIpc) is 2.44. The molecule has 0 aromatic rings. The van der Waals surface area contributed by atoms with E-state index in [2.05, 4.69) is 4.74 Å². The molecule has 0 saturated carbocycles. The Balaban J connectivity index is 2.27. The zero-order valence-electron chi connectivity index (χ0n) is 12.3. The third-order valence-electron chi connectivity index (χ3n) is 3.25. The molecule has 1 unspecified atom stereocenters. The van der Waals surface area contributed by atoms with Crippen molar-refractivity contribution in [3.05, 3.63) is 0 Å². The van der Waals surface area contributed by atoms with Gasteiger partial charge in [0.1, 0.15) is 0 Å². The first-order chi connectivity index (χ1) is 9.43. The number of thioether (sulfide) groups is 1. The number of methoxy groups -OCH3 is 1. The monoisotopic (exact) mass is 302 g/mol. The second kappa shape index (κ2) is 8.14. The number of ether oxygens (including phenoxy) is 1. The lowest BCUT2D eigenvalue weighted by molar-refractivity contribution is -0.140. The first-order valence-electron chi connectivity index (χ1n) is 6.65. The number of piperazine rings is 1. The van der Waals surface area contributed by atoms with Gasteiger partial charge in [-0.1, -0.05) is 6.92 Å². The highest BCUT2D eigenvalue weighted by molar-refractivity contribution is 8.00. The zero-order chi connectivity index (χ0) is 15.1. The van der Waals surface area contributed by atoms with Crippen molar-refractivity contribution in [3.63, 3.8) is 0 Å². The highest BCUT2D eigenvalue weighted by Crippen LogP contribution is 2.16. The first-order valence-corrected chi connectivity index (χ1v) is 7.70. The molecule has 0 radical (unpaired) electrons. The summed E-state index contributed by atoms with van der Waals surface area (Å²) in [6, 6.07) is 0. The lowest BCUT2D eigenvalue weighted by Gasteiger charge is -2.34. The van der Waals surface area contributed by atoms with Crippen molar-refractivity contribution in [1.82, 2.24) is 9.80 Å². The second-order valence-corrected chi connectivity index (χ2v) is 6.22. The molecular formula is C13H22N2O4S. The van der Waals surface area contributed by atoms with Crippen LogP contribution >= 0.6 is 11.8 Å². The molecule has 0 spiro atoms. The van der Waals surface area contributed by atoms with Crippen LogP contribution in [0.25, 0.3) is 0 Å². The Morgan fingerprint density at radius 2 is 1.70 bits per heavy atom. The van der Waals surface area contributed by atoms with Gasteiger partial charge in [0.25, 0.3) is 0 Å². The van der Waals surface area contributed by atoms with Crippen LogP contribution in [-0.2, 0) is 19.1 Å². The quantitative estimate of drug-likeness (QED) is 0.686. The molecule has 1 heterocycles. The van der Waals surface area contributed by atoms with Crippen molar-refractivity contribution in [2.75, 3.05) is 39.0 Å². The summed E-state index contributed by atoms with van der Waals surface area (Å²) in [7, 11) is 1.36. The van der Waals surface area contributed by atoms with Crippen LogP contribution in [0, 0.1) is 0 Å². The maximum Gasteiger partial charge on any atom is 0.306 e. The fourth-order valence-electron chi connectivity index (χ4n) is 1.95. The molecule has 0 bridgehead atoms. The topological polar surface area (TPSA) is 66.9 Å². The number of nitrogens with zero attached hydrogens (tertiary/aromatic N) is 2. The number of hydrogen-bond donors (Lipinski definition) is 0. The molecule has 0 aromatic carbocycles. The summed E-state index contributed by atoms with van der Waals surface area (Å²) >= 11 is 1.46. The Morgan fingerprint density at radius 1 is 1.15 bits per heavy atom. The number of carbonyl (C=O) groups is 3. The minimum atomic E-state index is -0.257. The van der Waals surface area contributed by atoms with Crippen LogP contribution < -0.4 is 0 Å². The molecule has 1 rings (SSSR count). The molecule has 20 heavy (non-hydrogen) atoms. The van der Waals surface area contributed by atoms with E-state index in [4.69, 9.17) is 0 Å². The standard InChI is InChI=1S/C13H22N2O4S/c1-10(8-13(18)19-3)20-9-12(17)15-6-4-14(5-7-15)11(2)16/h10H,4-9H2,1-3H3. The lowest BCUT2D eigenvalue weighted by Crippen LogP contribution is -2.50. The number of carbonyl (C=O) groups excluding carboxylic acids is 3. The van der Waals surface area contributed by atoms with Crippen molar-refractivity contribution in [2.45, 2.75) is 25.5 Å². The van der Waals surface area contributed by atoms with E-state index in [-0.39, 0.29) is 23.0 Å². The normalized spacial score (nSPS) is 16.8. The second-order valence-electron chi connectivity index (χ2n) is 4.79. The van der Waals surface area contributed by atoms with E-state index in [1.54, 1.807) is 16.7 Å². The summed E-state index contributed by atoms with van der Waals surface area (Å²) in [4.78, 5) is 37.8. The molecular weight excluding hydrogens is 280 g/mol. The molecule has 1 aliphatic rings. The van der Waals surface area contributed by atoms with Crippen molar-refractivity contribution in [2.24, 2.45) is 0 Å². The van der Waals surface area contributed by atoms with Gasteiger partial charge in [-0.2, -0.15) is 0 Å². The van der Waals surface area contributed by atoms with E-state index in [1.807, 2.05) is 6.92 Å². The van der Waals surface area contributed by atoms with Gasteiger partial charge in [-0.05, 0) is 0 Å². The smallest absolute Gasteiger partial charge is 0.306 e. The van der Waals surface area contributed by atoms with Crippen LogP contribution in [0.3, 0.4) is 0 Å². The Hall–Kier alpha value is -1.24. The molecule has 1 aliphatic heterocycles. The third kappa shape index (κ3) is 5.40. The van der Waals surface area contributed by atoms with E-state index in [9.17, 15) is 14.4 Å². The van der Waals surface area contributed by atoms with Gasteiger partial charge in [0, 0.05) is 38.4 Å². The fraction of sp³-hybridized carbons (Fsp3) is 0.769. The zero-order valence-corrected chi connectivity index (χ0v) is 13.1. The van der Waals surface area contributed by atoms with E-state index in [0.29, 0.717) is 38.4 Å². The van der Waals surface area contributed by atoms with Crippen LogP contribution in [0.4, 0.5) is 0 Å². The van der Waals surface area contributed by atoms with Crippen LogP contribution in [0.2, 0.25) is 0 Å². The van der Waals surface area contributed by atoms with Gasteiger partial charge in [0.2, 0.25) is 11.8 Å². The summed E-state index contributed by atoms with van der Waals surface area (Å²) in [5.41, 5.74) is 0. The van der Waals surface area contributed by atoms with Crippen LogP contribution in [0.5, 0.6) is 0 Å². The number of hydrogen-bond acceptors (Lipinski definition) is 5. The first kappa shape index (κ1) is 16.8. The van der Waals surface area contributed by atoms with Crippen molar-refractivity contribution in [1.29, 1.82) is 0 Å². The molecule has 0 aliphatic carbocycles. The van der Waals surface area contributed by atoms with E-state index in [0.717, 1.165) is 0 Å². The average molecular weight is 302 g/mol. The highest BCUT2D eigenvalue weighted by atomic mass is 32.2. The van der Waals surface area contributed by atoms with E-state index in [1.165, 1.54) is 18.9 Å². The summed E-state index contributed by atoms with van der Waals surface area (Å²) in [5.74, 6) is 0.221. The molecule has 7 heteroatoms. The SMILES string of the molecule is COC(=O)CC(C)SCC(=O)N1CCN(C(C)=O)CC1. The molecule has 1 saturated heterocycles. The fourth-order valence-corrected chi connectivity index (χ4v) is 2.82. The van der Waals surface area contributed by atoms with Gasteiger partial charge < -0.3 is 14.5 Å². The summed E-state index contributed by atoms with van der Waals surface area (Å²) in [5, 5.41) is 0.0601. The predicted octanol–water partition coefficient (Wildman–Crippen LogP) is 0.362. The largest absolute Gasteiger partial charge is 0.469 e. The van der Waals surface area contributed by atoms with Gasteiger partial charge in [0.05, 0.1) is 19.3 Å². The number of esters is 1. The molecule has 2 amide bonds. The number of rotatable bonds is 5. The highest BCUT2D eigenvalue weighted by Gasteiger charge is 2.22. The maximum atomic E-state index is 12.0. The van der Waals surface area contributed by atoms with Gasteiger partial charge in [-0.3, -0.25) is 14.4 Å². The molecule has 114 valence electrons. The van der Waals surface area contributed by atoms with Crippen molar-refractivity contribution >= 4 is 29.5 Å². The molecule has 6 nitrogen and oxygen atoms in total. The third-order valence-corrected chi connectivity index (χ3v) is 4.40. The Labute approximate surface area is 123 Å². The van der Waals surface area contributed by atoms with E-state index >= 15 is 0 Å². The minimum absolute atomic E-state index is 0.0539. The summed E-state index contributed by atoms with van der Waals surface area (Å²) in [6.07, 6.45) is 0.312. The van der Waals surface area contributed by atoms with Gasteiger partial charge in [-0.25, -0.2) is 0 Å². The van der Waals surface area contributed by atoms with E-state index < -0.39 is 0 Å². The Morgan fingerprint density at radius 3 is 2.20 bits per heavy atom.